The maximum absolute atomic E-state index is 12.3. The van der Waals surface area contributed by atoms with Crippen LogP contribution < -0.4 is 0 Å². The molecule has 1 fully saturated rings. The Morgan fingerprint density at radius 1 is 1.38 bits per heavy atom. The van der Waals surface area contributed by atoms with Gasteiger partial charge in [-0.05, 0) is 57.8 Å². The average Bonchev–Trinajstić information content (AvgIpc) is 3.22. The predicted molar refractivity (Wildman–Crippen MR) is 137 cm³/mol. The van der Waals surface area contributed by atoms with Gasteiger partial charge in [-0.25, -0.2) is 0 Å². The van der Waals surface area contributed by atoms with E-state index in [1.165, 1.54) is 24.8 Å². The fourth-order valence-electron chi connectivity index (χ4n) is 5.03. The first-order valence-electron chi connectivity index (χ1n) is 12.6. The molecule has 1 amide bonds. The highest BCUT2D eigenvalue weighted by molar-refractivity contribution is 7.99. The number of thioether (sulfide) groups is 1. The van der Waals surface area contributed by atoms with Crippen molar-refractivity contribution in [2.45, 2.75) is 97.3 Å². The zero-order valence-corrected chi connectivity index (χ0v) is 22.0. The van der Waals surface area contributed by atoms with Crippen molar-refractivity contribution in [1.29, 1.82) is 0 Å². The van der Waals surface area contributed by atoms with Crippen molar-refractivity contribution in [2.24, 2.45) is 23.7 Å². The van der Waals surface area contributed by atoms with Crippen LogP contribution in [-0.2, 0) is 4.79 Å². The van der Waals surface area contributed by atoms with Gasteiger partial charge < -0.3 is 15.1 Å². The summed E-state index contributed by atoms with van der Waals surface area (Å²) in [7, 11) is 1.88. The normalized spacial score (nSPS) is 27.4. The molecule has 1 saturated carbocycles. The van der Waals surface area contributed by atoms with E-state index in [9.17, 15) is 15.0 Å². The highest BCUT2D eigenvalue weighted by Gasteiger charge is 2.43. The van der Waals surface area contributed by atoms with Gasteiger partial charge in [0.15, 0.2) is 0 Å². The first-order valence-corrected chi connectivity index (χ1v) is 13.8. The number of unbranched alkanes of at least 4 members (excludes halogenated alkanes) is 1. The van der Waals surface area contributed by atoms with Crippen molar-refractivity contribution < 1.29 is 15.0 Å². The van der Waals surface area contributed by atoms with Crippen LogP contribution in [-0.4, -0.2) is 57.3 Å². The Labute approximate surface area is 200 Å². The molecule has 2 aliphatic rings. The molecule has 0 radical (unpaired) electrons. The minimum Gasteiger partial charge on any atom is -0.392 e. The predicted octanol–water partition coefficient (Wildman–Crippen LogP) is 5.44. The van der Waals surface area contributed by atoms with Crippen LogP contribution in [0.5, 0.6) is 0 Å². The van der Waals surface area contributed by atoms with Crippen LogP contribution in [0.15, 0.2) is 23.8 Å². The van der Waals surface area contributed by atoms with Gasteiger partial charge in [-0.15, -0.1) is 0 Å². The fourth-order valence-corrected chi connectivity index (χ4v) is 5.97. The second-order valence-electron chi connectivity index (χ2n) is 11.1. The van der Waals surface area contributed by atoms with Gasteiger partial charge in [-0.3, -0.25) is 4.79 Å². The molecule has 0 aromatic carbocycles. The lowest BCUT2D eigenvalue weighted by Gasteiger charge is -2.32. The quantitative estimate of drug-likeness (QED) is 0.297. The van der Waals surface area contributed by atoms with Crippen LogP contribution in [0.25, 0.3) is 0 Å². The fraction of sp³-hybridized carbons (Fsp3) is 0.815. The molecule has 2 aliphatic carbocycles. The van der Waals surface area contributed by atoms with Gasteiger partial charge in [0.1, 0.15) is 0 Å². The molecule has 0 aliphatic heterocycles. The Morgan fingerprint density at radius 2 is 2.09 bits per heavy atom. The molecule has 0 unspecified atom stereocenters. The second kappa shape index (κ2) is 12.6. The van der Waals surface area contributed by atoms with Crippen molar-refractivity contribution in [3.8, 4) is 0 Å². The number of nitrogens with zero attached hydrogens (tertiary/aromatic N) is 1. The molecule has 184 valence electrons. The number of carbonyl (C=O) groups excluding carboxylic acids is 1. The molecule has 0 aromatic rings. The van der Waals surface area contributed by atoms with Crippen molar-refractivity contribution >= 4 is 17.7 Å². The summed E-state index contributed by atoms with van der Waals surface area (Å²) in [5.41, 5.74) is 1.33. The first kappa shape index (κ1) is 27.5. The summed E-state index contributed by atoms with van der Waals surface area (Å²) >= 11 is 1.84. The molecule has 0 bridgehead atoms. The zero-order valence-electron chi connectivity index (χ0n) is 21.2. The highest BCUT2D eigenvalue weighted by atomic mass is 32.2. The third-order valence-corrected chi connectivity index (χ3v) is 8.40. The van der Waals surface area contributed by atoms with Crippen LogP contribution in [0.1, 0.15) is 79.6 Å². The maximum Gasteiger partial charge on any atom is 0.223 e. The van der Waals surface area contributed by atoms with Gasteiger partial charge >= 0.3 is 0 Å². The molecular formula is C27H47NO3S. The minimum absolute atomic E-state index is 0.127. The summed E-state index contributed by atoms with van der Waals surface area (Å²) in [4.78, 5) is 14.1. The van der Waals surface area contributed by atoms with E-state index in [1.54, 1.807) is 0 Å². The minimum atomic E-state index is -0.415. The highest BCUT2D eigenvalue weighted by Crippen LogP contribution is 2.47. The number of fused-ring (bicyclic) bond motifs is 1. The van der Waals surface area contributed by atoms with E-state index in [0.29, 0.717) is 24.2 Å². The van der Waals surface area contributed by atoms with Gasteiger partial charge in [-0.2, -0.15) is 11.8 Å². The van der Waals surface area contributed by atoms with Gasteiger partial charge in [0, 0.05) is 36.4 Å². The number of amides is 1. The van der Waals surface area contributed by atoms with E-state index >= 15 is 0 Å². The van der Waals surface area contributed by atoms with Crippen molar-refractivity contribution in [3.63, 3.8) is 0 Å². The second-order valence-corrected chi connectivity index (χ2v) is 12.2. The largest absolute Gasteiger partial charge is 0.392 e. The number of aliphatic hydroxyl groups excluding tert-OH is 2. The number of hydrogen-bond donors (Lipinski definition) is 2. The van der Waals surface area contributed by atoms with Gasteiger partial charge in [-0.1, -0.05) is 56.9 Å². The first-order chi connectivity index (χ1) is 15.0. The van der Waals surface area contributed by atoms with Gasteiger partial charge in [0.2, 0.25) is 5.91 Å². The Balaban J connectivity index is 1.76. The van der Waals surface area contributed by atoms with E-state index in [-0.39, 0.29) is 23.5 Å². The van der Waals surface area contributed by atoms with E-state index in [0.717, 1.165) is 30.8 Å². The standard InChI is InChI=1S/C27H47NO3S/c1-7-8-9-19(2)14-22(29)10-11-23-24-16-20(15-21(24)17-25(23)30)18-32-13-12-26(31)28(6)27(3,4)5/h10-11,15,19,21-25,29-30H,7-9,12-14,16-18H2,1-6H3/t19-,21-,22+,23+,24-,25+/m0/s1. The summed E-state index contributed by atoms with van der Waals surface area (Å²) in [5.74, 6) is 3.60. The summed E-state index contributed by atoms with van der Waals surface area (Å²) in [6, 6.07) is 0. The smallest absolute Gasteiger partial charge is 0.223 e. The van der Waals surface area contributed by atoms with Crippen LogP contribution in [0, 0.1) is 23.7 Å². The van der Waals surface area contributed by atoms with Crippen molar-refractivity contribution in [3.05, 3.63) is 23.8 Å². The van der Waals surface area contributed by atoms with E-state index in [2.05, 4.69) is 46.8 Å². The molecule has 0 spiro atoms. The molecule has 0 heterocycles. The SMILES string of the molecule is CCCC[C@H](C)C[C@H](O)C=C[C@@H]1[C@H]2CC(CSCCC(=O)N(C)C(C)(C)C)=C[C@H]2C[C@H]1O. The van der Waals surface area contributed by atoms with Crippen LogP contribution >= 0.6 is 11.8 Å². The molecule has 6 atom stereocenters. The molecule has 5 heteroatoms. The number of allylic oxidation sites excluding steroid dienone is 1. The maximum atomic E-state index is 12.3. The Morgan fingerprint density at radius 3 is 2.75 bits per heavy atom. The third kappa shape index (κ3) is 8.22. The zero-order chi connectivity index (χ0) is 23.9. The van der Waals surface area contributed by atoms with E-state index in [4.69, 9.17) is 0 Å². The Hall–Kier alpha value is -0.780. The number of aliphatic hydroxyl groups is 2. The molecular weight excluding hydrogens is 418 g/mol. The van der Waals surface area contributed by atoms with E-state index < -0.39 is 6.10 Å². The Bertz CT molecular complexity index is 654. The monoisotopic (exact) mass is 465 g/mol. The summed E-state index contributed by atoms with van der Waals surface area (Å²) < 4.78 is 0. The Kier molecular flexibility index (Phi) is 10.8. The van der Waals surface area contributed by atoms with Gasteiger partial charge in [0.05, 0.1) is 12.2 Å². The van der Waals surface area contributed by atoms with Gasteiger partial charge in [0.25, 0.3) is 0 Å². The van der Waals surface area contributed by atoms with Crippen LogP contribution in [0.4, 0.5) is 0 Å². The molecule has 2 N–H and O–H groups in total. The number of rotatable bonds is 12. The summed E-state index contributed by atoms with van der Waals surface area (Å²) in [5, 5.41) is 21.0. The molecule has 32 heavy (non-hydrogen) atoms. The average molecular weight is 466 g/mol. The molecule has 0 saturated heterocycles. The summed E-state index contributed by atoms with van der Waals surface area (Å²) in [6.07, 6.45) is 12.5. The number of hydrogen-bond acceptors (Lipinski definition) is 4. The van der Waals surface area contributed by atoms with Crippen LogP contribution in [0.3, 0.4) is 0 Å². The van der Waals surface area contributed by atoms with Crippen molar-refractivity contribution in [2.75, 3.05) is 18.6 Å². The van der Waals surface area contributed by atoms with Crippen molar-refractivity contribution in [1.82, 2.24) is 4.90 Å². The molecule has 2 rings (SSSR count). The van der Waals surface area contributed by atoms with E-state index in [1.807, 2.05) is 29.8 Å². The lowest BCUT2D eigenvalue weighted by Crippen LogP contribution is -2.42. The van der Waals surface area contributed by atoms with Crippen LogP contribution in [0.2, 0.25) is 0 Å². The topological polar surface area (TPSA) is 60.8 Å². The lowest BCUT2D eigenvalue weighted by atomic mass is 9.88. The lowest BCUT2D eigenvalue weighted by molar-refractivity contribution is -0.133. The summed E-state index contributed by atoms with van der Waals surface area (Å²) in [6.45, 7) is 10.6. The third-order valence-electron chi connectivity index (χ3n) is 7.33. The molecule has 4 nitrogen and oxygen atoms in total. The number of carbonyl (C=O) groups is 1. The molecule has 0 aromatic heterocycles.